The molecule has 0 aromatic carbocycles. The van der Waals surface area contributed by atoms with E-state index < -0.39 is 24.8 Å². The van der Waals surface area contributed by atoms with Gasteiger partial charge in [-0.25, -0.2) is 4.79 Å². The Morgan fingerprint density at radius 1 is 1.45 bits per heavy atom. The molecule has 0 rings (SSSR count). The van der Waals surface area contributed by atoms with Crippen molar-refractivity contribution in [3.05, 3.63) is 0 Å². The molecule has 0 bridgehead atoms. The summed E-state index contributed by atoms with van der Waals surface area (Å²) in [6, 6.07) is 0. The summed E-state index contributed by atoms with van der Waals surface area (Å²) in [5.74, 6) is -1.72. The van der Waals surface area contributed by atoms with E-state index in [1.165, 1.54) is 0 Å². The number of Topliss-reactive ketones (excluding diaryl/α,β-unsaturated/α-hetero) is 1. The fourth-order valence-electron chi connectivity index (χ4n) is 0.371. The van der Waals surface area contributed by atoms with Crippen molar-refractivity contribution in [1.29, 1.82) is 0 Å². The van der Waals surface area contributed by atoms with E-state index in [0.717, 1.165) is 0 Å². The minimum Gasteiger partial charge on any atom is -0.460 e. The van der Waals surface area contributed by atoms with Gasteiger partial charge < -0.3 is 9.62 Å². The average molecular weight is 162 g/mol. The Kier molecular flexibility index (Phi) is 4.67. The third kappa shape index (κ3) is 5.04. The second-order valence-electron chi connectivity index (χ2n) is 1.59. The van der Waals surface area contributed by atoms with E-state index in [4.69, 9.17) is 5.26 Å². The molecule has 11 heavy (non-hydrogen) atoms. The molecule has 62 valence electrons. The summed E-state index contributed by atoms with van der Waals surface area (Å²) in [6.45, 7) is -0.402. The Morgan fingerprint density at radius 3 is 2.55 bits per heavy atom. The highest BCUT2D eigenvalue weighted by Crippen LogP contribution is 1.86. The molecule has 0 saturated carbocycles. The van der Waals surface area contributed by atoms with Gasteiger partial charge in [-0.2, -0.15) is 5.26 Å². The van der Waals surface area contributed by atoms with Crippen molar-refractivity contribution < 1.29 is 29.3 Å². The Hall–Kier alpha value is -1.43. The van der Waals surface area contributed by atoms with Gasteiger partial charge in [0.2, 0.25) is 0 Å². The fourth-order valence-corrected chi connectivity index (χ4v) is 0.371. The summed E-state index contributed by atoms with van der Waals surface area (Å²) >= 11 is 0. The van der Waals surface area contributed by atoms with E-state index >= 15 is 0 Å². The van der Waals surface area contributed by atoms with Crippen LogP contribution in [0, 0.1) is 0 Å². The lowest BCUT2D eigenvalue weighted by molar-refractivity contribution is -0.233. The molecule has 1 N–H and O–H groups in total. The first-order chi connectivity index (χ1) is 5.20. The molecule has 0 aliphatic heterocycles. The van der Waals surface area contributed by atoms with E-state index in [1.54, 1.807) is 0 Å². The maximum atomic E-state index is 10.5. The highest BCUT2D eigenvalue weighted by molar-refractivity contribution is 5.96. The molecule has 6 nitrogen and oxygen atoms in total. The maximum absolute atomic E-state index is 10.5. The van der Waals surface area contributed by atoms with Crippen LogP contribution in [0.3, 0.4) is 0 Å². The molecule has 0 heterocycles. The topological polar surface area (TPSA) is 89.9 Å². The van der Waals surface area contributed by atoms with Gasteiger partial charge in [0.15, 0.2) is 5.78 Å². The van der Waals surface area contributed by atoms with Crippen LogP contribution in [-0.4, -0.2) is 30.1 Å². The van der Waals surface area contributed by atoms with Gasteiger partial charge in [-0.05, 0) is 0 Å². The lowest BCUT2D eigenvalue weighted by Gasteiger charge is -1.95. The summed E-state index contributed by atoms with van der Waals surface area (Å²) in [7, 11) is 0. The van der Waals surface area contributed by atoms with Crippen LogP contribution in [0.5, 0.6) is 0 Å². The highest BCUT2D eigenvalue weighted by atomic mass is 17.1. The number of carbonyl (C=O) groups is 3. The van der Waals surface area contributed by atoms with Crippen LogP contribution in [0.1, 0.15) is 6.42 Å². The minimum atomic E-state index is -1.08. The standard InChI is InChI=1S/C5H6O6/c6-3-10-2-4(7)1-5(8)11-9/h3,9H,1-2H2. The molecule has 0 spiro atoms. The smallest absolute Gasteiger partial charge is 0.349 e. The zero-order chi connectivity index (χ0) is 8.69. The molecule has 0 aromatic heterocycles. The molecule has 0 saturated heterocycles. The summed E-state index contributed by atoms with van der Waals surface area (Å²) in [4.78, 5) is 33.3. The van der Waals surface area contributed by atoms with Crippen LogP contribution in [0.25, 0.3) is 0 Å². The van der Waals surface area contributed by atoms with Crippen molar-refractivity contribution in [3.8, 4) is 0 Å². The molecular weight excluding hydrogens is 156 g/mol. The van der Waals surface area contributed by atoms with Gasteiger partial charge in [0.1, 0.15) is 13.0 Å². The number of hydrogen-bond acceptors (Lipinski definition) is 6. The Labute approximate surface area is 61.6 Å². The van der Waals surface area contributed by atoms with Crippen molar-refractivity contribution in [2.75, 3.05) is 6.61 Å². The van der Waals surface area contributed by atoms with Crippen LogP contribution in [0.15, 0.2) is 0 Å². The van der Waals surface area contributed by atoms with Gasteiger partial charge in [-0.3, -0.25) is 9.59 Å². The van der Waals surface area contributed by atoms with Crippen LogP contribution in [0.2, 0.25) is 0 Å². The molecule has 0 fully saturated rings. The van der Waals surface area contributed by atoms with Crippen LogP contribution < -0.4 is 0 Å². The van der Waals surface area contributed by atoms with Crippen molar-refractivity contribution in [2.24, 2.45) is 0 Å². The molecule has 6 heteroatoms. The molecule has 0 aromatic rings. The lowest BCUT2D eigenvalue weighted by atomic mass is 10.3. The molecule has 0 aliphatic carbocycles. The summed E-state index contributed by atoms with van der Waals surface area (Å²) in [5.41, 5.74) is 0. The first-order valence-electron chi connectivity index (χ1n) is 2.62. The lowest BCUT2D eigenvalue weighted by Crippen LogP contribution is -2.14. The molecule has 0 radical (unpaired) electrons. The zero-order valence-corrected chi connectivity index (χ0v) is 5.48. The first-order valence-corrected chi connectivity index (χ1v) is 2.62. The van der Waals surface area contributed by atoms with Gasteiger partial charge in [0.25, 0.3) is 6.47 Å². The van der Waals surface area contributed by atoms with E-state index in [2.05, 4.69) is 9.62 Å². The highest BCUT2D eigenvalue weighted by Gasteiger charge is 2.10. The molecule has 0 atom stereocenters. The second-order valence-corrected chi connectivity index (χ2v) is 1.59. The predicted molar refractivity (Wildman–Crippen MR) is 30.4 cm³/mol. The van der Waals surface area contributed by atoms with Crippen LogP contribution >= 0.6 is 0 Å². The summed E-state index contributed by atoms with van der Waals surface area (Å²) in [6.07, 6.45) is -0.607. The quantitative estimate of drug-likeness (QED) is 0.245. The third-order valence-corrected chi connectivity index (χ3v) is 0.756. The van der Waals surface area contributed by atoms with Gasteiger partial charge in [0, 0.05) is 0 Å². The van der Waals surface area contributed by atoms with Crippen LogP contribution in [-0.2, 0) is 24.0 Å². The van der Waals surface area contributed by atoms with Gasteiger partial charge in [-0.1, -0.05) is 0 Å². The third-order valence-electron chi connectivity index (χ3n) is 0.756. The molecular formula is C5H6O6. The SMILES string of the molecule is O=COCC(=O)CC(=O)OO. The number of carbonyl (C=O) groups excluding carboxylic acids is 3. The van der Waals surface area contributed by atoms with E-state index in [1.807, 2.05) is 0 Å². The molecule has 0 amide bonds. The van der Waals surface area contributed by atoms with Crippen molar-refractivity contribution >= 4 is 18.2 Å². The van der Waals surface area contributed by atoms with Crippen molar-refractivity contribution in [2.45, 2.75) is 6.42 Å². The number of ketones is 1. The normalized spacial score (nSPS) is 8.45. The van der Waals surface area contributed by atoms with E-state index in [0.29, 0.717) is 0 Å². The first kappa shape index (κ1) is 9.57. The minimum absolute atomic E-state index is 0.0855. The van der Waals surface area contributed by atoms with E-state index in [9.17, 15) is 14.4 Å². The average Bonchev–Trinajstić information content (AvgIpc) is 2.00. The maximum Gasteiger partial charge on any atom is 0.349 e. The second kappa shape index (κ2) is 5.36. The number of hydrogen-bond donors (Lipinski definition) is 1. The predicted octanol–water partition coefficient (Wildman–Crippen LogP) is -0.865. The summed E-state index contributed by atoms with van der Waals surface area (Å²) in [5, 5.41) is 7.70. The van der Waals surface area contributed by atoms with Gasteiger partial charge in [-0.15, -0.1) is 0 Å². The van der Waals surface area contributed by atoms with Gasteiger partial charge >= 0.3 is 5.97 Å². The van der Waals surface area contributed by atoms with Crippen LogP contribution in [0.4, 0.5) is 0 Å². The monoisotopic (exact) mass is 162 g/mol. The Bertz CT molecular complexity index is 162. The van der Waals surface area contributed by atoms with E-state index in [-0.39, 0.29) is 6.47 Å². The molecule has 0 aliphatic rings. The zero-order valence-electron chi connectivity index (χ0n) is 5.48. The van der Waals surface area contributed by atoms with Gasteiger partial charge in [0.05, 0.1) is 0 Å². The molecule has 0 unspecified atom stereocenters. The Morgan fingerprint density at radius 2 is 2.09 bits per heavy atom. The fraction of sp³-hybridized carbons (Fsp3) is 0.400. The van der Waals surface area contributed by atoms with Crippen molar-refractivity contribution in [1.82, 2.24) is 0 Å². The number of rotatable bonds is 5. The summed E-state index contributed by atoms with van der Waals surface area (Å²) < 4.78 is 4.02. The van der Waals surface area contributed by atoms with Crippen molar-refractivity contribution in [3.63, 3.8) is 0 Å². The number of ether oxygens (including phenoxy) is 1. The Balaban J connectivity index is 3.51. The largest absolute Gasteiger partial charge is 0.460 e.